The molecule has 5 atom stereocenters. The number of rotatable bonds is 8. The molecule has 200 valence electrons. The largest absolute Gasteiger partial charge is 0.394 e. The lowest BCUT2D eigenvalue weighted by Crippen LogP contribution is -2.49. The van der Waals surface area contributed by atoms with Crippen molar-refractivity contribution in [2.45, 2.75) is 76.0 Å². The van der Waals surface area contributed by atoms with Crippen LogP contribution in [0.15, 0.2) is 36.4 Å². The Labute approximate surface area is 226 Å². The minimum absolute atomic E-state index is 0.0937. The molecule has 2 aliphatic rings. The van der Waals surface area contributed by atoms with Crippen molar-refractivity contribution in [1.82, 2.24) is 5.32 Å². The number of nitrogens with one attached hydrogen (secondary N) is 2. The summed E-state index contributed by atoms with van der Waals surface area (Å²) in [5.74, 6) is -1.75. The number of halogens is 3. The third-order valence-corrected chi connectivity index (χ3v) is 7.95. The van der Waals surface area contributed by atoms with E-state index in [9.17, 15) is 19.1 Å². The van der Waals surface area contributed by atoms with E-state index in [2.05, 4.69) is 31.4 Å². The molecule has 2 heterocycles. The highest BCUT2D eigenvalue weighted by Crippen LogP contribution is 2.57. The molecular weight excluding hydrogens is 518 g/mol. The molecule has 4 N–H and O–H groups in total. The number of fused-ring (bicyclic) bond motifs is 2. The van der Waals surface area contributed by atoms with Crippen LogP contribution in [0, 0.1) is 11.2 Å². The number of ketones is 1. The van der Waals surface area contributed by atoms with E-state index in [0.717, 1.165) is 0 Å². The van der Waals surface area contributed by atoms with Crippen LogP contribution in [0.5, 0.6) is 0 Å². The zero-order valence-electron chi connectivity index (χ0n) is 21.2. The summed E-state index contributed by atoms with van der Waals surface area (Å²) >= 11 is 12.4. The fraction of sp³-hybridized carbons (Fsp3) is 0.500. The van der Waals surface area contributed by atoms with E-state index in [4.69, 9.17) is 28.3 Å². The lowest BCUT2D eigenvalue weighted by Gasteiger charge is -2.37. The van der Waals surface area contributed by atoms with Crippen LogP contribution in [0.25, 0.3) is 0 Å². The van der Waals surface area contributed by atoms with Gasteiger partial charge in [0, 0.05) is 29.1 Å². The van der Waals surface area contributed by atoms with Crippen LogP contribution in [-0.2, 0) is 15.0 Å². The lowest BCUT2D eigenvalue weighted by atomic mass is 9.62. The van der Waals surface area contributed by atoms with Crippen molar-refractivity contribution < 1.29 is 24.2 Å². The predicted molar refractivity (Wildman–Crippen MR) is 143 cm³/mol. The second kappa shape index (κ2) is 10.6. The van der Waals surface area contributed by atoms with Gasteiger partial charge in [0.05, 0.1) is 23.8 Å². The molecule has 0 saturated carbocycles. The van der Waals surface area contributed by atoms with Crippen molar-refractivity contribution in [2.75, 3.05) is 11.9 Å². The number of carbonyl (C=O) groups is 2. The summed E-state index contributed by atoms with van der Waals surface area (Å²) in [5, 5.41) is 25.6. The summed E-state index contributed by atoms with van der Waals surface area (Å²) in [6.45, 7) is 5.79. The standard InChI is InChI=1S/C28H33Cl2FN2O4/c1-27(2,3)13-23-28(18-11-20(31)19(30)12-21(18)32-26(28)37)24(15-6-4-7-16(29)10-15)25(33-23)22(36)9-5-8-17(35)14-34/h4,6-7,10-12,17,23-25,33-35H,5,8-9,13-14H2,1-3H3,(H,32,37)/t17?,23-,24-,25?,28+/m1/s1. The molecule has 1 fully saturated rings. The molecule has 0 aliphatic carbocycles. The molecule has 2 aliphatic heterocycles. The average Bonchev–Trinajstić information content (AvgIpc) is 3.28. The highest BCUT2D eigenvalue weighted by atomic mass is 35.5. The Kier molecular flexibility index (Phi) is 8.03. The molecule has 6 nitrogen and oxygen atoms in total. The third-order valence-electron chi connectivity index (χ3n) is 7.43. The van der Waals surface area contributed by atoms with Gasteiger partial charge in [-0.15, -0.1) is 0 Å². The minimum atomic E-state index is -1.29. The number of carbonyl (C=O) groups excluding carboxylic acids is 2. The maximum Gasteiger partial charge on any atom is 0.237 e. The number of anilines is 1. The topological polar surface area (TPSA) is 98.7 Å². The molecule has 4 rings (SSSR count). The van der Waals surface area contributed by atoms with Gasteiger partial charge in [-0.05, 0) is 60.1 Å². The Morgan fingerprint density at radius 1 is 1.22 bits per heavy atom. The van der Waals surface area contributed by atoms with Crippen molar-refractivity contribution in [1.29, 1.82) is 0 Å². The number of aliphatic hydroxyl groups is 2. The van der Waals surface area contributed by atoms with Gasteiger partial charge < -0.3 is 20.8 Å². The molecule has 0 aromatic heterocycles. The SMILES string of the molecule is CC(C)(C)C[C@H]1NC(C(=O)CCCC(O)CO)[C@@H](c2cccc(Cl)c2)[C@@]12C(=O)Nc1cc(Cl)c(F)cc12. The van der Waals surface area contributed by atoms with E-state index in [1.54, 1.807) is 18.2 Å². The highest BCUT2D eigenvalue weighted by Gasteiger charge is 2.65. The first-order valence-electron chi connectivity index (χ1n) is 12.5. The Hall–Kier alpha value is -2.03. The van der Waals surface area contributed by atoms with Gasteiger partial charge in [-0.1, -0.05) is 56.1 Å². The van der Waals surface area contributed by atoms with Gasteiger partial charge in [0.15, 0.2) is 0 Å². The van der Waals surface area contributed by atoms with Gasteiger partial charge in [-0.2, -0.15) is 0 Å². The zero-order valence-corrected chi connectivity index (χ0v) is 22.7. The van der Waals surface area contributed by atoms with E-state index in [-0.39, 0.29) is 41.6 Å². The number of hydrogen-bond donors (Lipinski definition) is 4. The first-order valence-corrected chi connectivity index (χ1v) is 13.3. The molecule has 0 bridgehead atoms. The molecule has 1 saturated heterocycles. The average molecular weight is 551 g/mol. The summed E-state index contributed by atoms with van der Waals surface area (Å²) < 4.78 is 14.9. The van der Waals surface area contributed by atoms with E-state index in [1.165, 1.54) is 12.1 Å². The molecule has 2 aromatic rings. The summed E-state index contributed by atoms with van der Waals surface area (Å²) in [6.07, 6.45) is 0.445. The summed E-state index contributed by atoms with van der Waals surface area (Å²) in [4.78, 5) is 27.7. The van der Waals surface area contributed by atoms with Crippen LogP contribution in [-0.4, -0.2) is 46.7 Å². The van der Waals surface area contributed by atoms with Crippen molar-refractivity contribution in [2.24, 2.45) is 5.41 Å². The minimum Gasteiger partial charge on any atom is -0.394 e. The monoisotopic (exact) mass is 550 g/mol. The van der Waals surface area contributed by atoms with Crippen LogP contribution in [0.1, 0.15) is 63.5 Å². The Morgan fingerprint density at radius 2 is 1.95 bits per heavy atom. The second-order valence-corrected chi connectivity index (χ2v) is 12.2. The number of Topliss-reactive ketones (excluding diaryl/α,β-unsaturated/α-hetero) is 1. The maximum atomic E-state index is 14.9. The quantitative estimate of drug-likeness (QED) is 0.371. The maximum absolute atomic E-state index is 14.9. The molecular formula is C28H33Cl2FN2O4. The molecule has 2 unspecified atom stereocenters. The molecule has 2 aromatic carbocycles. The number of amides is 1. The highest BCUT2D eigenvalue weighted by molar-refractivity contribution is 6.31. The zero-order chi connectivity index (χ0) is 27.1. The normalized spacial score (nSPS) is 25.8. The fourth-order valence-corrected chi connectivity index (χ4v) is 6.31. The van der Waals surface area contributed by atoms with E-state index in [0.29, 0.717) is 34.7 Å². The van der Waals surface area contributed by atoms with Gasteiger partial charge in [0.2, 0.25) is 5.91 Å². The Morgan fingerprint density at radius 3 is 2.59 bits per heavy atom. The van der Waals surface area contributed by atoms with Gasteiger partial charge in [-0.25, -0.2) is 4.39 Å². The molecule has 37 heavy (non-hydrogen) atoms. The number of aliphatic hydroxyl groups excluding tert-OH is 2. The van der Waals surface area contributed by atoms with Crippen LogP contribution < -0.4 is 10.6 Å². The van der Waals surface area contributed by atoms with E-state index >= 15 is 0 Å². The fourth-order valence-electron chi connectivity index (χ4n) is 5.94. The van der Waals surface area contributed by atoms with Gasteiger partial charge in [0.1, 0.15) is 17.0 Å². The molecule has 0 radical (unpaired) electrons. The number of hydrogen-bond acceptors (Lipinski definition) is 5. The Balaban J connectivity index is 1.89. The molecule has 1 amide bonds. The van der Waals surface area contributed by atoms with Crippen molar-refractivity contribution in [3.05, 3.63) is 63.4 Å². The lowest BCUT2D eigenvalue weighted by molar-refractivity contribution is -0.122. The smallest absolute Gasteiger partial charge is 0.237 e. The first-order chi connectivity index (χ1) is 17.4. The summed E-state index contributed by atoms with van der Waals surface area (Å²) in [7, 11) is 0. The van der Waals surface area contributed by atoms with Crippen molar-refractivity contribution in [3.8, 4) is 0 Å². The van der Waals surface area contributed by atoms with Gasteiger partial charge in [-0.3, -0.25) is 9.59 Å². The van der Waals surface area contributed by atoms with Crippen molar-refractivity contribution >= 4 is 40.6 Å². The van der Waals surface area contributed by atoms with Crippen molar-refractivity contribution in [3.63, 3.8) is 0 Å². The Bertz CT molecular complexity index is 1200. The summed E-state index contributed by atoms with van der Waals surface area (Å²) in [6, 6.07) is 8.58. The van der Waals surface area contributed by atoms with Crippen LogP contribution in [0.2, 0.25) is 10.0 Å². The first kappa shape index (κ1) is 28.0. The summed E-state index contributed by atoms with van der Waals surface area (Å²) in [5.41, 5.74) is 0.0913. The van der Waals surface area contributed by atoms with E-state index in [1.807, 2.05) is 6.07 Å². The van der Waals surface area contributed by atoms with E-state index < -0.39 is 35.3 Å². The number of benzene rings is 2. The second-order valence-electron chi connectivity index (χ2n) is 11.3. The molecule has 9 heteroatoms. The predicted octanol–water partition coefficient (Wildman–Crippen LogP) is 4.98. The van der Waals surface area contributed by atoms with Crippen LogP contribution >= 0.6 is 23.2 Å². The molecule has 1 spiro atoms. The van der Waals surface area contributed by atoms with Gasteiger partial charge in [0.25, 0.3) is 0 Å². The van der Waals surface area contributed by atoms with Crippen LogP contribution in [0.4, 0.5) is 10.1 Å². The van der Waals surface area contributed by atoms with Gasteiger partial charge >= 0.3 is 0 Å². The third kappa shape index (κ3) is 5.30. The van der Waals surface area contributed by atoms with Crippen LogP contribution in [0.3, 0.4) is 0 Å².